The summed E-state index contributed by atoms with van der Waals surface area (Å²) in [7, 11) is 1.94. The first-order valence-electron chi connectivity index (χ1n) is 6.04. The van der Waals surface area contributed by atoms with E-state index < -0.39 is 11.9 Å². The van der Waals surface area contributed by atoms with Crippen molar-refractivity contribution < 1.29 is 28.7 Å². The summed E-state index contributed by atoms with van der Waals surface area (Å²) in [6, 6.07) is 2.18. The first-order valence-corrected chi connectivity index (χ1v) is 6.04. The van der Waals surface area contributed by atoms with Crippen molar-refractivity contribution in [1.82, 2.24) is 10.1 Å². The molecule has 1 aromatic rings. The second-order valence-electron chi connectivity index (χ2n) is 4.55. The molecule has 1 aliphatic heterocycles. The predicted octanol–water partition coefficient (Wildman–Crippen LogP) is 1.24. The number of halogens is 1. The number of hydrogen-bond acceptors (Lipinski definition) is 5. The standard InChI is InChI=1S/C10H15FN2O.C2H2O4/c1-7-5-10(14-12-7)9-4-3-8(6-11)13(9)2;3-1(4)2(5)6/h5,8-9H,3-4,6H2,1-2H3;(H,3,4)(H,5,6)/t8-,9-;/m0./s1. The van der Waals surface area contributed by atoms with Crippen molar-refractivity contribution in [3.05, 3.63) is 17.5 Å². The van der Waals surface area contributed by atoms with Crippen LogP contribution in [-0.2, 0) is 9.59 Å². The Hall–Kier alpha value is -1.96. The van der Waals surface area contributed by atoms with Gasteiger partial charge in [0.05, 0.1) is 11.7 Å². The minimum atomic E-state index is -1.82. The quantitative estimate of drug-likeness (QED) is 0.789. The number of carbonyl (C=O) groups is 2. The number of hydrogen-bond donors (Lipinski definition) is 2. The van der Waals surface area contributed by atoms with Gasteiger partial charge < -0.3 is 14.7 Å². The van der Waals surface area contributed by atoms with E-state index >= 15 is 0 Å². The molecule has 2 atom stereocenters. The van der Waals surface area contributed by atoms with Gasteiger partial charge in [0.1, 0.15) is 6.67 Å². The number of nitrogens with zero attached hydrogens (tertiary/aromatic N) is 2. The van der Waals surface area contributed by atoms with Gasteiger partial charge in [-0.2, -0.15) is 0 Å². The molecule has 0 bridgehead atoms. The van der Waals surface area contributed by atoms with Crippen molar-refractivity contribution in [2.24, 2.45) is 0 Å². The molecule has 0 aliphatic carbocycles. The van der Waals surface area contributed by atoms with E-state index in [-0.39, 0.29) is 18.8 Å². The highest BCUT2D eigenvalue weighted by Gasteiger charge is 2.33. The number of likely N-dealkylation sites (tertiary alicyclic amines) is 1. The van der Waals surface area contributed by atoms with Crippen molar-refractivity contribution >= 4 is 11.9 Å². The maximum absolute atomic E-state index is 12.6. The third-order valence-corrected chi connectivity index (χ3v) is 3.18. The molecule has 1 saturated heterocycles. The summed E-state index contributed by atoms with van der Waals surface area (Å²) >= 11 is 0. The SMILES string of the molecule is Cc1cc([C@@H]2CC[C@@H](CF)N2C)on1.O=C(O)C(=O)O. The second kappa shape index (κ2) is 6.99. The molecule has 2 N–H and O–H groups in total. The molecule has 1 fully saturated rings. The minimum Gasteiger partial charge on any atom is -0.473 e. The third-order valence-electron chi connectivity index (χ3n) is 3.18. The van der Waals surface area contributed by atoms with Gasteiger partial charge in [-0.1, -0.05) is 5.16 Å². The first-order chi connectivity index (χ1) is 9.36. The zero-order valence-electron chi connectivity index (χ0n) is 11.2. The molecule has 1 aliphatic rings. The molecule has 7 nitrogen and oxygen atoms in total. The molecular weight excluding hydrogens is 271 g/mol. The fraction of sp³-hybridized carbons (Fsp3) is 0.583. The van der Waals surface area contributed by atoms with E-state index in [0.29, 0.717) is 0 Å². The average molecular weight is 288 g/mol. The van der Waals surface area contributed by atoms with Crippen LogP contribution in [0.4, 0.5) is 4.39 Å². The van der Waals surface area contributed by atoms with Crippen LogP contribution >= 0.6 is 0 Å². The Kier molecular flexibility index (Phi) is 5.63. The lowest BCUT2D eigenvalue weighted by atomic mass is 10.1. The van der Waals surface area contributed by atoms with Crippen LogP contribution in [0.2, 0.25) is 0 Å². The molecule has 0 radical (unpaired) electrons. The Morgan fingerprint density at radius 3 is 2.40 bits per heavy atom. The van der Waals surface area contributed by atoms with E-state index in [0.717, 1.165) is 24.3 Å². The molecule has 8 heteroatoms. The van der Waals surface area contributed by atoms with Crippen molar-refractivity contribution in [2.75, 3.05) is 13.7 Å². The lowest BCUT2D eigenvalue weighted by Crippen LogP contribution is -2.28. The Morgan fingerprint density at radius 1 is 1.45 bits per heavy atom. The summed E-state index contributed by atoms with van der Waals surface area (Å²) < 4.78 is 17.8. The number of carboxylic acid groups (broad SMARTS) is 2. The van der Waals surface area contributed by atoms with E-state index in [4.69, 9.17) is 24.3 Å². The lowest BCUT2D eigenvalue weighted by Gasteiger charge is -2.21. The summed E-state index contributed by atoms with van der Waals surface area (Å²) in [6.07, 6.45) is 1.86. The smallest absolute Gasteiger partial charge is 0.414 e. The maximum atomic E-state index is 12.6. The maximum Gasteiger partial charge on any atom is 0.414 e. The number of carboxylic acids is 2. The monoisotopic (exact) mass is 288 g/mol. The minimum absolute atomic E-state index is 0.0467. The average Bonchev–Trinajstić information content (AvgIpc) is 2.96. The molecule has 0 spiro atoms. The molecule has 0 amide bonds. The molecule has 1 aromatic heterocycles. The summed E-state index contributed by atoms with van der Waals surface area (Å²) in [4.78, 5) is 20.2. The largest absolute Gasteiger partial charge is 0.473 e. The summed E-state index contributed by atoms with van der Waals surface area (Å²) in [5.74, 6) is -2.79. The Labute approximate surface area is 115 Å². The van der Waals surface area contributed by atoms with Gasteiger partial charge in [-0.25, -0.2) is 14.0 Å². The topological polar surface area (TPSA) is 104 Å². The van der Waals surface area contributed by atoms with E-state index in [1.165, 1.54) is 0 Å². The van der Waals surface area contributed by atoms with Crippen LogP contribution in [0.5, 0.6) is 0 Å². The molecule has 20 heavy (non-hydrogen) atoms. The van der Waals surface area contributed by atoms with Gasteiger partial charge >= 0.3 is 11.9 Å². The highest BCUT2D eigenvalue weighted by Crippen LogP contribution is 2.34. The molecule has 0 aromatic carbocycles. The molecule has 112 valence electrons. The molecular formula is C12H17FN2O5. The molecule has 2 rings (SSSR count). The highest BCUT2D eigenvalue weighted by molar-refractivity contribution is 6.27. The van der Waals surface area contributed by atoms with Gasteiger partial charge in [0.15, 0.2) is 5.76 Å². The van der Waals surface area contributed by atoms with Gasteiger partial charge in [0.25, 0.3) is 0 Å². The number of aryl methyl sites for hydroxylation is 1. The van der Waals surface area contributed by atoms with Crippen LogP contribution in [-0.4, -0.2) is 52.0 Å². The Balaban J connectivity index is 0.000000286. The molecule has 0 saturated carbocycles. The second-order valence-corrected chi connectivity index (χ2v) is 4.55. The number of aliphatic carboxylic acids is 2. The number of rotatable bonds is 2. The van der Waals surface area contributed by atoms with E-state index in [2.05, 4.69) is 5.16 Å². The van der Waals surface area contributed by atoms with Crippen LogP contribution in [0.15, 0.2) is 10.6 Å². The summed E-state index contributed by atoms with van der Waals surface area (Å²) in [6.45, 7) is 1.62. The van der Waals surface area contributed by atoms with Gasteiger partial charge in [-0.05, 0) is 26.8 Å². The van der Waals surface area contributed by atoms with Crippen LogP contribution in [0.25, 0.3) is 0 Å². The van der Waals surface area contributed by atoms with Gasteiger partial charge in [-0.3, -0.25) is 4.90 Å². The number of alkyl halides is 1. The van der Waals surface area contributed by atoms with Crippen LogP contribution in [0.1, 0.15) is 30.3 Å². The van der Waals surface area contributed by atoms with E-state index in [1.807, 2.05) is 24.9 Å². The van der Waals surface area contributed by atoms with Crippen LogP contribution in [0.3, 0.4) is 0 Å². The lowest BCUT2D eigenvalue weighted by molar-refractivity contribution is -0.159. The number of aromatic nitrogens is 1. The van der Waals surface area contributed by atoms with Crippen molar-refractivity contribution in [3.8, 4) is 0 Å². The van der Waals surface area contributed by atoms with Crippen LogP contribution < -0.4 is 0 Å². The highest BCUT2D eigenvalue weighted by atomic mass is 19.1. The Morgan fingerprint density at radius 2 is 2.05 bits per heavy atom. The third kappa shape index (κ3) is 4.02. The summed E-state index contributed by atoms with van der Waals surface area (Å²) in [5.41, 5.74) is 0.886. The van der Waals surface area contributed by atoms with Crippen molar-refractivity contribution in [2.45, 2.75) is 31.8 Å². The fourth-order valence-electron chi connectivity index (χ4n) is 2.08. The normalized spacial score (nSPS) is 22.1. The predicted molar refractivity (Wildman–Crippen MR) is 66.0 cm³/mol. The van der Waals surface area contributed by atoms with Gasteiger partial charge in [-0.15, -0.1) is 0 Å². The molecule has 2 heterocycles. The van der Waals surface area contributed by atoms with Gasteiger partial charge in [0.2, 0.25) is 0 Å². The summed E-state index contributed by atoms with van der Waals surface area (Å²) in [5, 5.41) is 18.6. The zero-order valence-corrected chi connectivity index (χ0v) is 11.2. The van der Waals surface area contributed by atoms with E-state index in [9.17, 15) is 4.39 Å². The molecule has 0 unspecified atom stereocenters. The van der Waals surface area contributed by atoms with Gasteiger partial charge in [0, 0.05) is 12.1 Å². The van der Waals surface area contributed by atoms with Crippen molar-refractivity contribution in [3.63, 3.8) is 0 Å². The Bertz CT molecular complexity index is 464. The van der Waals surface area contributed by atoms with Crippen molar-refractivity contribution in [1.29, 1.82) is 0 Å². The fourth-order valence-corrected chi connectivity index (χ4v) is 2.08. The van der Waals surface area contributed by atoms with E-state index in [1.54, 1.807) is 0 Å². The zero-order chi connectivity index (χ0) is 15.3. The van der Waals surface area contributed by atoms with Crippen LogP contribution in [0, 0.1) is 6.92 Å². The first kappa shape index (κ1) is 16.1.